The van der Waals surface area contributed by atoms with Crippen molar-refractivity contribution < 1.29 is 9.53 Å². The van der Waals surface area contributed by atoms with Gasteiger partial charge in [0.1, 0.15) is 0 Å². The number of hydrogen-bond donors (Lipinski definition) is 1. The average molecular weight is 218 g/mol. The number of benzene rings is 1. The molecule has 0 heterocycles. The Labute approximate surface area is 94.6 Å². The predicted molar refractivity (Wildman–Crippen MR) is 59.5 cm³/mol. The summed E-state index contributed by atoms with van der Waals surface area (Å²) in [6.07, 6.45) is 0.209. The van der Waals surface area contributed by atoms with Gasteiger partial charge in [0.05, 0.1) is 25.2 Å². The molecule has 0 aromatic heterocycles. The molecule has 4 heteroatoms. The number of carbonyl (C=O) groups excluding carboxylic acids is 1. The molecule has 0 radical (unpaired) electrons. The van der Waals surface area contributed by atoms with Gasteiger partial charge >= 0.3 is 5.97 Å². The largest absolute Gasteiger partial charge is 0.469 e. The van der Waals surface area contributed by atoms with E-state index in [4.69, 9.17) is 11.0 Å². The summed E-state index contributed by atoms with van der Waals surface area (Å²) < 4.78 is 4.60. The van der Waals surface area contributed by atoms with E-state index in [0.717, 1.165) is 16.7 Å². The Kier molecular flexibility index (Phi) is 4.03. The first kappa shape index (κ1) is 12.2. The molecule has 2 N–H and O–H groups in total. The fourth-order valence-corrected chi connectivity index (χ4v) is 1.49. The molecule has 0 aliphatic rings. The lowest BCUT2D eigenvalue weighted by molar-refractivity contribution is -0.139. The molecule has 1 aromatic rings. The van der Waals surface area contributed by atoms with E-state index in [-0.39, 0.29) is 18.9 Å². The summed E-state index contributed by atoms with van der Waals surface area (Å²) in [7, 11) is 1.35. The molecule has 0 saturated heterocycles. The highest BCUT2D eigenvalue weighted by molar-refractivity contribution is 5.73. The predicted octanol–water partition coefficient (Wildman–Crippen LogP) is 1.04. The van der Waals surface area contributed by atoms with E-state index in [1.807, 2.05) is 6.92 Å². The van der Waals surface area contributed by atoms with Crippen LogP contribution >= 0.6 is 0 Å². The van der Waals surface area contributed by atoms with Crippen LogP contribution in [0.5, 0.6) is 0 Å². The third kappa shape index (κ3) is 2.59. The van der Waals surface area contributed by atoms with Crippen molar-refractivity contribution in [3.8, 4) is 6.07 Å². The molecule has 16 heavy (non-hydrogen) atoms. The summed E-state index contributed by atoms with van der Waals surface area (Å²) in [5, 5.41) is 8.90. The first-order valence-electron chi connectivity index (χ1n) is 4.91. The van der Waals surface area contributed by atoms with Crippen LogP contribution in [0.4, 0.5) is 0 Å². The van der Waals surface area contributed by atoms with E-state index in [0.29, 0.717) is 5.56 Å². The fourth-order valence-electron chi connectivity index (χ4n) is 1.49. The molecule has 1 aromatic carbocycles. The van der Waals surface area contributed by atoms with Crippen molar-refractivity contribution in [1.82, 2.24) is 0 Å². The molecule has 1 rings (SSSR count). The topological polar surface area (TPSA) is 76.1 Å². The highest BCUT2D eigenvalue weighted by Gasteiger charge is 2.09. The molecule has 0 aliphatic carbocycles. The summed E-state index contributed by atoms with van der Waals surface area (Å²) in [6, 6.07) is 5.63. The van der Waals surface area contributed by atoms with Crippen LogP contribution in [-0.2, 0) is 22.5 Å². The second-order valence-electron chi connectivity index (χ2n) is 3.50. The Morgan fingerprint density at radius 2 is 2.19 bits per heavy atom. The maximum atomic E-state index is 11.2. The molecule has 0 fully saturated rings. The zero-order chi connectivity index (χ0) is 12.1. The van der Waals surface area contributed by atoms with Gasteiger partial charge in [-0.05, 0) is 29.7 Å². The van der Waals surface area contributed by atoms with Crippen molar-refractivity contribution >= 4 is 5.97 Å². The third-order valence-electron chi connectivity index (χ3n) is 2.46. The van der Waals surface area contributed by atoms with E-state index in [9.17, 15) is 4.79 Å². The quantitative estimate of drug-likeness (QED) is 0.769. The summed E-state index contributed by atoms with van der Waals surface area (Å²) in [6.45, 7) is 2.15. The van der Waals surface area contributed by atoms with E-state index in [1.165, 1.54) is 7.11 Å². The lowest BCUT2D eigenvalue weighted by atomic mass is 9.98. The van der Waals surface area contributed by atoms with E-state index >= 15 is 0 Å². The smallest absolute Gasteiger partial charge is 0.309 e. The summed E-state index contributed by atoms with van der Waals surface area (Å²) in [5.41, 5.74) is 8.62. The second kappa shape index (κ2) is 5.29. The van der Waals surface area contributed by atoms with Crippen molar-refractivity contribution in [2.24, 2.45) is 5.73 Å². The van der Waals surface area contributed by atoms with Gasteiger partial charge < -0.3 is 10.5 Å². The lowest BCUT2D eigenvalue weighted by Gasteiger charge is -2.08. The van der Waals surface area contributed by atoms with Crippen LogP contribution in [0.15, 0.2) is 12.1 Å². The third-order valence-corrected chi connectivity index (χ3v) is 2.46. The molecule has 84 valence electrons. The van der Waals surface area contributed by atoms with Gasteiger partial charge in [-0.3, -0.25) is 4.79 Å². The minimum Gasteiger partial charge on any atom is -0.469 e. The van der Waals surface area contributed by atoms with E-state index in [1.54, 1.807) is 12.1 Å². The Balaban J connectivity index is 3.12. The summed E-state index contributed by atoms with van der Waals surface area (Å²) in [5.74, 6) is -0.296. The van der Waals surface area contributed by atoms with E-state index < -0.39 is 0 Å². The van der Waals surface area contributed by atoms with Gasteiger partial charge in [0.2, 0.25) is 0 Å². The zero-order valence-electron chi connectivity index (χ0n) is 9.41. The van der Waals surface area contributed by atoms with Crippen LogP contribution in [0, 0.1) is 18.3 Å². The first-order chi connectivity index (χ1) is 7.62. The van der Waals surface area contributed by atoms with Gasteiger partial charge in [-0.1, -0.05) is 6.07 Å². The van der Waals surface area contributed by atoms with Crippen LogP contribution in [0.3, 0.4) is 0 Å². The summed E-state index contributed by atoms with van der Waals surface area (Å²) in [4.78, 5) is 11.2. The number of esters is 1. The number of methoxy groups -OCH3 is 1. The first-order valence-corrected chi connectivity index (χ1v) is 4.91. The molecule has 0 aliphatic heterocycles. The Morgan fingerprint density at radius 1 is 1.50 bits per heavy atom. The maximum absolute atomic E-state index is 11.2. The average Bonchev–Trinajstić information content (AvgIpc) is 2.30. The fraction of sp³-hybridized carbons (Fsp3) is 0.333. The summed E-state index contributed by atoms with van der Waals surface area (Å²) >= 11 is 0. The minimum absolute atomic E-state index is 0.209. The monoisotopic (exact) mass is 218 g/mol. The molecule has 0 spiro atoms. The van der Waals surface area contributed by atoms with Crippen LogP contribution < -0.4 is 5.73 Å². The van der Waals surface area contributed by atoms with Crippen LogP contribution in [-0.4, -0.2) is 13.1 Å². The number of carbonyl (C=O) groups is 1. The van der Waals surface area contributed by atoms with E-state index in [2.05, 4.69) is 10.8 Å². The van der Waals surface area contributed by atoms with Gasteiger partial charge in [-0.2, -0.15) is 5.26 Å². The van der Waals surface area contributed by atoms with Crippen molar-refractivity contribution in [1.29, 1.82) is 5.26 Å². The van der Waals surface area contributed by atoms with Crippen LogP contribution in [0.1, 0.15) is 22.3 Å². The number of ether oxygens (including phenoxy) is 1. The number of nitrogens with two attached hydrogens (primary N) is 1. The van der Waals surface area contributed by atoms with Gasteiger partial charge in [0.15, 0.2) is 0 Å². The van der Waals surface area contributed by atoms with Crippen molar-refractivity contribution in [3.05, 3.63) is 34.4 Å². The highest BCUT2D eigenvalue weighted by atomic mass is 16.5. The number of hydrogen-bond acceptors (Lipinski definition) is 4. The number of aryl methyl sites for hydroxylation is 1. The molecule has 0 saturated carbocycles. The molecule has 0 atom stereocenters. The normalized spacial score (nSPS) is 9.62. The van der Waals surface area contributed by atoms with Crippen LogP contribution in [0.2, 0.25) is 0 Å². The molecule has 0 bridgehead atoms. The van der Waals surface area contributed by atoms with Gasteiger partial charge in [-0.25, -0.2) is 0 Å². The van der Waals surface area contributed by atoms with Gasteiger partial charge in [0, 0.05) is 6.54 Å². The highest BCUT2D eigenvalue weighted by Crippen LogP contribution is 2.16. The molecule has 0 amide bonds. The van der Waals surface area contributed by atoms with Gasteiger partial charge in [-0.15, -0.1) is 0 Å². The van der Waals surface area contributed by atoms with Gasteiger partial charge in [0.25, 0.3) is 0 Å². The molecular formula is C12H14N2O2. The number of rotatable bonds is 3. The van der Waals surface area contributed by atoms with Crippen molar-refractivity contribution in [2.75, 3.05) is 7.11 Å². The number of nitrogens with zero attached hydrogens (tertiary/aromatic N) is 1. The Hall–Kier alpha value is -1.86. The zero-order valence-corrected chi connectivity index (χ0v) is 9.41. The second-order valence-corrected chi connectivity index (χ2v) is 3.50. The SMILES string of the molecule is COC(=O)Cc1cc(CN)c(C#N)cc1C. The lowest BCUT2D eigenvalue weighted by Crippen LogP contribution is -2.08. The minimum atomic E-state index is -0.296. The number of nitriles is 1. The maximum Gasteiger partial charge on any atom is 0.309 e. The van der Waals surface area contributed by atoms with Crippen molar-refractivity contribution in [3.63, 3.8) is 0 Å². The molecular weight excluding hydrogens is 204 g/mol. The molecule has 4 nitrogen and oxygen atoms in total. The Bertz CT molecular complexity index is 447. The molecule has 0 unspecified atom stereocenters. The van der Waals surface area contributed by atoms with Crippen LogP contribution in [0.25, 0.3) is 0 Å². The standard InChI is InChI=1S/C12H14N2O2/c1-8-3-10(6-13)11(7-14)4-9(8)5-12(15)16-2/h3-4H,5,7,14H2,1-2H3. The Morgan fingerprint density at radius 3 is 2.69 bits per heavy atom. The van der Waals surface area contributed by atoms with Crippen molar-refractivity contribution in [2.45, 2.75) is 19.9 Å².